The minimum absolute atomic E-state index is 0.523. The molecule has 1 heteroatoms. The Labute approximate surface area is 156 Å². The molecule has 2 atom stereocenters. The number of ether oxygens (including phenoxy) is 1. The fourth-order valence-corrected chi connectivity index (χ4v) is 3.98. The molecule has 1 heterocycles. The maximum atomic E-state index is 6.13. The van der Waals surface area contributed by atoms with Crippen LogP contribution in [0.4, 0.5) is 0 Å². The van der Waals surface area contributed by atoms with E-state index in [2.05, 4.69) is 38.1 Å². The van der Waals surface area contributed by atoms with E-state index in [1.165, 1.54) is 94.6 Å². The summed E-state index contributed by atoms with van der Waals surface area (Å²) in [6.45, 7) is 5.48. The number of rotatable bonds is 12. The van der Waals surface area contributed by atoms with Crippen molar-refractivity contribution in [2.24, 2.45) is 0 Å². The van der Waals surface area contributed by atoms with Crippen molar-refractivity contribution in [1.82, 2.24) is 0 Å². The van der Waals surface area contributed by atoms with Crippen molar-refractivity contribution in [1.29, 1.82) is 0 Å². The predicted octanol–water partition coefficient (Wildman–Crippen LogP) is 7.43. The van der Waals surface area contributed by atoms with Crippen LogP contribution in [0.5, 0.6) is 0 Å². The summed E-state index contributed by atoms with van der Waals surface area (Å²) in [5, 5.41) is 0. The number of hydrogen-bond acceptors (Lipinski definition) is 1. The first-order chi connectivity index (χ1) is 12.3. The Balaban J connectivity index is 1.65. The van der Waals surface area contributed by atoms with Gasteiger partial charge in [-0.25, -0.2) is 0 Å². The average molecular weight is 345 g/mol. The fraction of sp³-hybridized carbons (Fsp3) is 0.750. The van der Waals surface area contributed by atoms with Crippen LogP contribution in [0.3, 0.4) is 0 Å². The van der Waals surface area contributed by atoms with Crippen LogP contribution in [0.15, 0.2) is 24.3 Å². The van der Waals surface area contributed by atoms with Crippen molar-refractivity contribution in [2.45, 2.75) is 109 Å². The van der Waals surface area contributed by atoms with Gasteiger partial charge in [0.05, 0.1) is 12.7 Å². The second-order valence-electron chi connectivity index (χ2n) is 7.98. The van der Waals surface area contributed by atoms with Crippen LogP contribution in [-0.4, -0.2) is 12.7 Å². The number of unbranched alkanes of at least 4 members (excludes halogenated alkanes) is 7. The molecule has 142 valence electrons. The fourth-order valence-electron chi connectivity index (χ4n) is 3.98. The summed E-state index contributed by atoms with van der Waals surface area (Å²) in [7, 11) is 0. The summed E-state index contributed by atoms with van der Waals surface area (Å²) in [6, 6.07) is 9.43. The third-order valence-corrected chi connectivity index (χ3v) is 5.77. The number of aryl methyl sites for hydroxylation is 1. The van der Waals surface area contributed by atoms with Gasteiger partial charge in [-0.05, 0) is 43.2 Å². The van der Waals surface area contributed by atoms with Gasteiger partial charge in [-0.3, -0.25) is 0 Å². The average Bonchev–Trinajstić information content (AvgIpc) is 2.66. The van der Waals surface area contributed by atoms with Gasteiger partial charge in [-0.2, -0.15) is 0 Å². The first-order valence-corrected chi connectivity index (χ1v) is 11.0. The lowest BCUT2D eigenvalue weighted by molar-refractivity contribution is -0.00208. The Morgan fingerprint density at radius 1 is 0.800 bits per heavy atom. The Morgan fingerprint density at radius 2 is 1.48 bits per heavy atom. The second-order valence-corrected chi connectivity index (χ2v) is 7.98. The zero-order valence-corrected chi connectivity index (χ0v) is 16.8. The molecular formula is C24H40O. The molecule has 0 N–H and O–H groups in total. The van der Waals surface area contributed by atoms with Crippen LogP contribution in [0.25, 0.3) is 0 Å². The van der Waals surface area contributed by atoms with Crippen molar-refractivity contribution in [2.75, 3.05) is 6.61 Å². The predicted molar refractivity (Wildman–Crippen MR) is 109 cm³/mol. The van der Waals surface area contributed by atoms with Gasteiger partial charge in [0.25, 0.3) is 0 Å². The van der Waals surface area contributed by atoms with E-state index in [9.17, 15) is 0 Å². The topological polar surface area (TPSA) is 9.23 Å². The summed E-state index contributed by atoms with van der Waals surface area (Å²) < 4.78 is 6.13. The van der Waals surface area contributed by atoms with Crippen LogP contribution < -0.4 is 0 Å². The monoisotopic (exact) mass is 344 g/mol. The van der Waals surface area contributed by atoms with Gasteiger partial charge >= 0.3 is 0 Å². The highest BCUT2D eigenvalue weighted by molar-refractivity contribution is 5.26. The lowest BCUT2D eigenvalue weighted by Gasteiger charge is -2.29. The van der Waals surface area contributed by atoms with Gasteiger partial charge in [0, 0.05) is 5.92 Å². The third kappa shape index (κ3) is 7.94. The standard InChI is InChI=1S/C24H40O/c1-3-5-7-8-9-11-12-21-14-16-22(17-15-21)23-18-19-24(25-20-23)13-10-6-4-2/h14-17,23-24H,3-13,18-20H2,1-2H3. The highest BCUT2D eigenvalue weighted by Gasteiger charge is 2.22. The van der Waals surface area contributed by atoms with Crippen molar-refractivity contribution >= 4 is 0 Å². The first-order valence-electron chi connectivity index (χ1n) is 11.0. The Bertz CT molecular complexity index is 428. The van der Waals surface area contributed by atoms with Crippen LogP contribution in [-0.2, 0) is 11.2 Å². The molecule has 1 aliphatic rings. The Hall–Kier alpha value is -0.820. The Kier molecular flexibility index (Phi) is 10.3. The van der Waals surface area contributed by atoms with Gasteiger partial charge in [0.2, 0.25) is 0 Å². The zero-order chi connectivity index (χ0) is 17.7. The molecule has 1 aliphatic heterocycles. The van der Waals surface area contributed by atoms with Crippen molar-refractivity contribution < 1.29 is 4.74 Å². The number of benzene rings is 1. The molecule has 0 aromatic heterocycles. The van der Waals surface area contributed by atoms with Crippen molar-refractivity contribution in [3.63, 3.8) is 0 Å². The zero-order valence-electron chi connectivity index (χ0n) is 16.8. The van der Waals surface area contributed by atoms with Crippen LogP contribution >= 0.6 is 0 Å². The molecule has 25 heavy (non-hydrogen) atoms. The highest BCUT2D eigenvalue weighted by Crippen LogP contribution is 2.30. The molecule has 1 aromatic carbocycles. The minimum atomic E-state index is 0.523. The van der Waals surface area contributed by atoms with E-state index >= 15 is 0 Å². The van der Waals surface area contributed by atoms with E-state index in [0.29, 0.717) is 12.0 Å². The van der Waals surface area contributed by atoms with Crippen molar-refractivity contribution in [3.05, 3.63) is 35.4 Å². The maximum Gasteiger partial charge on any atom is 0.0575 e. The van der Waals surface area contributed by atoms with Gasteiger partial charge < -0.3 is 4.74 Å². The molecule has 0 saturated carbocycles. The summed E-state index contributed by atoms with van der Waals surface area (Å²) in [4.78, 5) is 0. The minimum Gasteiger partial charge on any atom is -0.378 e. The molecule has 1 fully saturated rings. The molecule has 1 aromatic rings. The van der Waals surface area contributed by atoms with E-state index in [0.717, 1.165) is 6.61 Å². The van der Waals surface area contributed by atoms with Crippen LogP contribution in [0.2, 0.25) is 0 Å². The third-order valence-electron chi connectivity index (χ3n) is 5.77. The largest absolute Gasteiger partial charge is 0.378 e. The van der Waals surface area contributed by atoms with Gasteiger partial charge in [-0.15, -0.1) is 0 Å². The summed E-state index contributed by atoms with van der Waals surface area (Å²) in [5.74, 6) is 0.616. The lowest BCUT2D eigenvalue weighted by atomic mass is 9.89. The van der Waals surface area contributed by atoms with Crippen LogP contribution in [0, 0.1) is 0 Å². The first kappa shape index (κ1) is 20.5. The lowest BCUT2D eigenvalue weighted by Crippen LogP contribution is -2.24. The molecule has 0 spiro atoms. The molecule has 0 amide bonds. The molecule has 0 radical (unpaired) electrons. The molecular weight excluding hydrogens is 304 g/mol. The molecule has 0 aliphatic carbocycles. The highest BCUT2D eigenvalue weighted by atomic mass is 16.5. The van der Waals surface area contributed by atoms with Gasteiger partial charge in [0.1, 0.15) is 0 Å². The van der Waals surface area contributed by atoms with Gasteiger partial charge in [0.15, 0.2) is 0 Å². The van der Waals surface area contributed by atoms with Crippen molar-refractivity contribution in [3.8, 4) is 0 Å². The summed E-state index contributed by atoms with van der Waals surface area (Å²) >= 11 is 0. The molecule has 0 bridgehead atoms. The van der Waals surface area contributed by atoms with Gasteiger partial charge in [-0.1, -0.05) is 89.5 Å². The summed E-state index contributed by atoms with van der Waals surface area (Å²) in [6.07, 6.45) is 17.8. The van der Waals surface area contributed by atoms with E-state index in [1.54, 1.807) is 0 Å². The SMILES string of the molecule is CCCCCCCCc1ccc(C2CCC(CCCCC)OC2)cc1. The van der Waals surface area contributed by atoms with E-state index < -0.39 is 0 Å². The smallest absolute Gasteiger partial charge is 0.0575 e. The quantitative estimate of drug-likeness (QED) is 0.358. The van der Waals surface area contributed by atoms with E-state index in [4.69, 9.17) is 4.74 Å². The van der Waals surface area contributed by atoms with E-state index in [1.807, 2.05) is 0 Å². The maximum absolute atomic E-state index is 6.13. The summed E-state index contributed by atoms with van der Waals surface area (Å²) in [5.41, 5.74) is 2.99. The molecule has 2 rings (SSSR count). The normalized spacial score (nSPS) is 20.7. The van der Waals surface area contributed by atoms with E-state index in [-0.39, 0.29) is 0 Å². The second kappa shape index (κ2) is 12.5. The number of hydrogen-bond donors (Lipinski definition) is 0. The Morgan fingerprint density at radius 3 is 2.16 bits per heavy atom. The van der Waals surface area contributed by atoms with Crippen LogP contribution in [0.1, 0.15) is 108 Å². The molecule has 1 nitrogen and oxygen atoms in total. The molecule has 2 unspecified atom stereocenters. The molecule has 1 saturated heterocycles.